The van der Waals surface area contributed by atoms with E-state index in [9.17, 15) is 4.79 Å². The van der Waals surface area contributed by atoms with E-state index in [2.05, 4.69) is 40.8 Å². The van der Waals surface area contributed by atoms with E-state index >= 15 is 0 Å². The lowest BCUT2D eigenvalue weighted by atomic mass is 9.69. The van der Waals surface area contributed by atoms with Crippen molar-refractivity contribution in [3.05, 3.63) is 45.7 Å². The van der Waals surface area contributed by atoms with Crippen molar-refractivity contribution in [2.24, 2.45) is 17.8 Å². The first-order valence-corrected chi connectivity index (χ1v) is 8.50. The second kappa shape index (κ2) is 5.99. The number of hydrogen-bond acceptors (Lipinski definition) is 3. The third kappa shape index (κ3) is 2.76. The molecule has 0 radical (unpaired) electrons. The predicted molar refractivity (Wildman–Crippen MR) is 90.0 cm³/mol. The zero-order valence-corrected chi connectivity index (χ0v) is 14.6. The Bertz CT molecular complexity index is 648. The minimum Gasteiger partial charge on any atom is -0.455 e. The molecule has 0 fully saturated rings. The summed E-state index contributed by atoms with van der Waals surface area (Å²) in [5.41, 5.74) is 2.99. The van der Waals surface area contributed by atoms with Crippen LogP contribution in [0.25, 0.3) is 6.08 Å². The molecule has 1 aliphatic carbocycles. The average molecular weight is 362 g/mol. The fourth-order valence-corrected chi connectivity index (χ4v) is 3.68. The largest absolute Gasteiger partial charge is 0.455 e. The minimum absolute atomic E-state index is 0.107. The molecule has 0 amide bonds. The molecule has 1 aromatic rings. The summed E-state index contributed by atoms with van der Waals surface area (Å²) in [6.45, 7) is 6.44. The average Bonchev–Trinajstić information content (AvgIpc) is 2.76. The summed E-state index contributed by atoms with van der Waals surface area (Å²) in [7, 11) is 0. The number of aromatic nitrogens is 1. The predicted octanol–water partition coefficient (Wildman–Crippen LogP) is 4.39. The Kier molecular flexibility index (Phi) is 4.22. The molecule has 22 heavy (non-hydrogen) atoms. The molecule has 3 nitrogen and oxygen atoms in total. The number of halogens is 1. The van der Waals surface area contributed by atoms with Crippen LogP contribution in [0.15, 0.2) is 40.0 Å². The zero-order chi connectivity index (χ0) is 15.9. The van der Waals surface area contributed by atoms with Crippen LogP contribution in [0.2, 0.25) is 0 Å². The number of pyridine rings is 1. The molecule has 4 heteroatoms. The fourth-order valence-electron chi connectivity index (χ4n) is 3.44. The van der Waals surface area contributed by atoms with Crippen LogP contribution in [-0.4, -0.2) is 17.1 Å². The van der Waals surface area contributed by atoms with Crippen molar-refractivity contribution in [3.63, 3.8) is 0 Å². The maximum Gasteiger partial charge on any atom is 0.334 e. The highest BCUT2D eigenvalue weighted by atomic mass is 79.9. The number of carbonyl (C=O) groups excluding carboxylic acids is 1. The Hall–Kier alpha value is -1.42. The van der Waals surface area contributed by atoms with Gasteiger partial charge in [0.1, 0.15) is 6.10 Å². The molecule has 0 aromatic carbocycles. The van der Waals surface area contributed by atoms with Crippen molar-refractivity contribution in [1.29, 1.82) is 0 Å². The highest BCUT2D eigenvalue weighted by Crippen LogP contribution is 2.45. The van der Waals surface area contributed by atoms with E-state index in [0.29, 0.717) is 11.8 Å². The molecule has 0 unspecified atom stereocenters. The van der Waals surface area contributed by atoms with Crippen molar-refractivity contribution in [2.45, 2.75) is 33.3 Å². The van der Waals surface area contributed by atoms with E-state index in [1.807, 2.05) is 25.1 Å². The van der Waals surface area contributed by atoms with E-state index in [0.717, 1.165) is 22.2 Å². The van der Waals surface area contributed by atoms with Gasteiger partial charge >= 0.3 is 5.97 Å². The molecule has 0 bridgehead atoms. The smallest absolute Gasteiger partial charge is 0.334 e. The number of hydrogen-bond donors (Lipinski definition) is 0. The Labute approximate surface area is 139 Å². The van der Waals surface area contributed by atoms with Crippen molar-refractivity contribution in [3.8, 4) is 0 Å². The van der Waals surface area contributed by atoms with Crippen molar-refractivity contribution in [2.75, 3.05) is 0 Å². The summed E-state index contributed by atoms with van der Waals surface area (Å²) in [5, 5.41) is 0. The number of cyclic esters (lactones) is 1. The van der Waals surface area contributed by atoms with E-state index in [4.69, 9.17) is 4.74 Å². The number of rotatable bonds is 2. The first-order chi connectivity index (χ1) is 10.5. The second-order valence-electron chi connectivity index (χ2n) is 6.31. The Balaban J connectivity index is 1.92. The SMILES string of the molecule is C[C@H]1[C@H](C=Cc2ccc(Br)cn2)C2=C(C[C@@H]1C)C(=O)O[C@@H]2C. The van der Waals surface area contributed by atoms with Crippen LogP contribution >= 0.6 is 15.9 Å². The van der Waals surface area contributed by atoms with Crippen molar-refractivity contribution < 1.29 is 9.53 Å². The topological polar surface area (TPSA) is 39.2 Å². The maximum absolute atomic E-state index is 12.0. The van der Waals surface area contributed by atoms with Gasteiger partial charge in [0.25, 0.3) is 0 Å². The molecule has 0 saturated carbocycles. The van der Waals surface area contributed by atoms with Crippen LogP contribution in [-0.2, 0) is 9.53 Å². The van der Waals surface area contributed by atoms with Gasteiger partial charge in [-0.25, -0.2) is 4.79 Å². The standard InChI is InChI=1S/C18H20BrNO2/c1-10-8-16-17(12(3)22-18(16)21)15(11(10)2)7-6-14-5-4-13(19)9-20-14/h4-7,9-12,15H,8H2,1-3H3/t10-,11+,12+,15-/m0/s1. The maximum atomic E-state index is 12.0. The van der Waals surface area contributed by atoms with Gasteiger partial charge in [-0.15, -0.1) is 0 Å². The molecule has 0 saturated heterocycles. The van der Waals surface area contributed by atoms with Crippen LogP contribution in [0, 0.1) is 17.8 Å². The van der Waals surface area contributed by atoms with Gasteiger partial charge in [-0.1, -0.05) is 19.9 Å². The quantitative estimate of drug-likeness (QED) is 0.733. The molecule has 116 valence electrons. The molecule has 2 heterocycles. The lowest BCUT2D eigenvalue weighted by Gasteiger charge is -2.33. The monoisotopic (exact) mass is 361 g/mol. The lowest BCUT2D eigenvalue weighted by molar-refractivity contribution is -0.139. The lowest BCUT2D eigenvalue weighted by Crippen LogP contribution is -2.28. The van der Waals surface area contributed by atoms with Crippen LogP contribution in [0.1, 0.15) is 32.9 Å². The number of carbonyl (C=O) groups is 1. The van der Waals surface area contributed by atoms with E-state index < -0.39 is 0 Å². The summed E-state index contributed by atoms with van der Waals surface area (Å²) in [6.07, 6.45) is 6.75. The Morgan fingerprint density at radius 1 is 1.32 bits per heavy atom. The van der Waals surface area contributed by atoms with Gasteiger partial charge in [0.2, 0.25) is 0 Å². The Morgan fingerprint density at radius 3 is 2.77 bits per heavy atom. The van der Waals surface area contributed by atoms with Crippen molar-refractivity contribution >= 4 is 28.0 Å². The third-order valence-electron chi connectivity index (χ3n) is 4.89. The van der Waals surface area contributed by atoms with Crippen LogP contribution in [0.5, 0.6) is 0 Å². The van der Waals surface area contributed by atoms with Crippen LogP contribution < -0.4 is 0 Å². The molecule has 3 rings (SSSR count). The van der Waals surface area contributed by atoms with E-state index in [1.54, 1.807) is 6.20 Å². The summed E-state index contributed by atoms with van der Waals surface area (Å²) in [4.78, 5) is 16.4. The minimum atomic E-state index is -0.124. The van der Waals surface area contributed by atoms with Gasteiger partial charge < -0.3 is 4.74 Å². The van der Waals surface area contributed by atoms with Gasteiger partial charge in [0.05, 0.1) is 5.69 Å². The third-order valence-corrected chi connectivity index (χ3v) is 5.36. The number of allylic oxidation sites excluding steroid dienone is 1. The number of ether oxygens (including phenoxy) is 1. The fraction of sp³-hybridized carbons (Fsp3) is 0.444. The van der Waals surface area contributed by atoms with Gasteiger partial charge in [0.15, 0.2) is 0 Å². The summed E-state index contributed by atoms with van der Waals surface area (Å²) in [5.74, 6) is 1.08. The Morgan fingerprint density at radius 2 is 2.09 bits per heavy atom. The summed E-state index contributed by atoms with van der Waals surface area (Å²) < 4.78 is 6.40. The van der Waals surface area contributed by atoms with Crippen LogP contribution in [0.4, 0.5) is 0 Å². The molecular formula is C18H20BrNO2. The van der Waals surface area contributed by atoms with Crippen molar-refractivity contribution in [1.82, 2.24) is 4.98 Å². The molecule has 2 aliphatic rings. The molecule has 1 aromatic heterocycles. The van der Waals surface area contributed by atoms with Gasteiger partial charge in [-0.05, 0) is 64.9 Å². The second-order valence-corrected chi connectivity index (χ2v) is 7.22. The highest BCUT2D eigenvalue weighted by molar-refractivity contribution is 9.10. The summed E-state index contributed by atoms with van der Waals surface area (Å²) in [6, 6.07) is 3.96. The number of nitrogens with zero attached hydrogens (tertiary/aromatic N) is 1. The first kappa shape index (κ1) is 15.5. The molecule has 0 spiro atoms. The normalized spacial score (nSPS) is 31.5. The zero-order valence-electron chi connectivity index (χ0n) is 13.0. The van der Waals surface area contributed by atoms with Crippen LogP contribution in [0.3, 0.4) is 0 Å². The van der Waals surface area contributed by atoms with Gasteiger partial charge in [0, 0.05) is 22.2 Å². The van der Waals surface area contributed by atoms with E-state index in [1.165, 1.54) is 5.57 Å². The number of esters is 1. The van der Waals surface area contributed by atoms with Gasteiger partial charge in [-0.2, -0.15) is 0 Å². The first-order valence-electron chi connectivity index (χ1n) is 7.71. The summed E-state index contributed by atoms with van der Waals surface area (Å²) >= 11 is 3.39. The highest BCUT2D eigenvalue weighted by Gasteiger charge is 2.42. The molecular weight excluding hydrogens is 342 g/mol. The molecule has 0 N–H and O–H groups in total. The molecule has 4 atom stereocenters. The molecule has 1 aliphatic heterocycles. The van der Waals surface area contributed by atoms with E-state index in [-0.39, 0.29) is 18.0 Å². The van der Waals surface area contributed by atoms with Gasteiger partial charge in [-0.3, -0.25) is 4.98 Å².